The average Bonchev–Trinajstić information content (AvgIpc) is 3.16. The lowest BCUT2D eigenvalue weighted by molar-refractivity contribution is -0.117. The van der Waals surface area contributed by atoms with Crippen LogP contribution in [-0.4, -0.2) is 39.9 Å². The zero-order valence-corrected chi connectivity index (χ0v) is 24.8. The third-order valence-electron chi connectivity index (χ3n) is 5.33. The summed E-state index contributed by atoms with van der Waals surface area (Å²) in [5, 5.41) is 5.82. The van der Waals surface area contributed by atoms with Gasteiger partial charge in [-0.05, 0) is 59.3 Å². The number of urea groups is 1. The summed E-state index contributed by atoms with van der Waals surface area (Å²) in [5.74, 6) is 0.177. The van der Waals surface area contributed by atoms with Crippen LogP contribution in [0.4, 0.5) is 16.2 Å². The van der Waals surface area contributed by atoms with E-state index in [1.54, 1.807) is 49.8 Å². The maximum Gasteiger partial charge on any atom is 0.319 e. The molecule has 0 aliphatic carbocycles. The van der Waals surface area contributed by atoms with E-state index < -0.39 is 6.03 Å². The monoisotopic (exact) mass is 662 g/mol. The van der Waals surface area contributed by atoms with Gasteiger partial charge in [0.1, 0.15) is 11.2 Å². The Balaban J connectivity index is 0.00000253. The zero-order valence-electron chi connectivity index (χ0n) is 20.1. The second-order valence-electron chi connectivity index (χ2n) is 7.70. The number of carbonyl (C=O) groups is 2. The average molecular weight is 665 g/mol. The second kappa shape index (κ2) is 13.9. The van der Waals surface area contributed by atoms with Crippen LogP contribution in [0.5, 0.6) is 5.75 Å². The van der Waals surface area contributed by atoms with Crippen molar-refractivity contribution >= 4 is 92.9 Å². The van der Waals surface area contributed by atoms with E-state index in [9.17, 15) is 9.59 Å². The topological polar surface area (TPSA) is 101 Å². The summed E-state index contributed by atoms with van der Waals surface area (Å²) in [4.78, 5) is 34.6. The van der Waals surface area contributed by atoms with Gasteiger partial charge in [-0.15, -0.1) is 24.8 Å². The molecule has 0 spiro atoms. The first-order valence-corrected chi connectivity index (χ1v) is 12.3. The van der Waals surface area contributed by atoms with E-state index in [1.807, 2.05) is 23.6 Å². The molecule has 202 valence electrons. The molecule has 3 heterocycles. The number of carbonyl (C=O) groups excluding carboxylic acids is 2. The van der Waals surface area contributed by atoms with Gasteiger partial charge in [-0.1, -0.05) is 23.2 Å². The van der Waals surface area contributed by atoms with Crippen LogP contribution in [0.2, 0.25) is 10.0 Å². The third-order valence-corrected chi connectivity index (χ3v) is 7.06. The fraction of sp³-hybridized carbons (Fsp3) is 0.167. The van der Waals surface area contributed by atoms with Gasteiger partial charge in [0.05, 0.1) is 22.9 Å². The number of pyridine rings is 2. The minimum absolute atomic E-state index is 0. The van der Waals surface area contributed by atoms with Crippen LogP contribution in [-0.2, 0) is 11.4 Å². The highest BCUT2D eigenvalue weighted by molar-refractivity contribution is 9.10. The van der Waals surface area contributed by atoms with Gasteiger partial charge in [0.25, 0.3) is 0 Å². The highest BCUT2D eigenvalue weighted by Gasteiger charge is 2.20. The van der Waals surface area contributed by atoms with Crippen molar-refractivity contribution in [2.45, 2.75) is 13.5 Å². The molecule has 0 saturated carbocycles. The molecule has 1 aromatic carbocycles. The van der Waals surface area contributed by atoms with Gasteiger partial charge >= 0.3 is 6.03 Å². The van der Waals surface area contributed by atoms with Crippen LogP contribution in [0.3, 0.4) is 0 Å². The zero-order chi connectivity index (χ0) is 25.8. The number of aryl methyl sites for hydroxylation is 1. The highest BCUT2D eigenvalue weighted by Crippen LogP contribution is 2.35. The summed E-state index contributed by atoms with van der Waals surface area (Å²) in [6, 6.07) is 9.69. The standard InChI is InChI=1S/C24H21BrCl2N6O3.2ClH/c1-14-22(25)33-11-3-4-19(23(33)30-14)36-13-16-17(26)5-6-18(21(16)27)32(2)20(34)12-29-24(35)31-15-7-9-28-10-8-15;;/h3-11H,12-13H2,1-2H3,(H2,28,29,31,35);2*1H. The molecule has 0 atom stereocenters. The van der Waals surface area contributed by atoms with E-state index in [2.05, 4.69) is 36.5 Å². The first kappa shape index (κ1) is 31.5. The Kier molecular flexibility index (Phi) is 11.5. The number of fused-ring (bicyclic) bond motifs is 1. The smallest absolute Gasteiger partial charge is 0.319 e. The minimum atomic E-state index is -0.519. The number of anilines is 2. The van der Waals surface area contributed by atoms with Crippen molar-refractivity contribution in [3.05, 3.63) is 80.9 Å². The first-order valence-electron chi connectivity index (χ1n) is 10.7. The van der Waals surface area contributed by atoms with Crippen LogP contribution in [0.15, 0.2) is 59.6 Å². The van der Waals surface area contributed by atoms with Gasteiger partial charge in [0, 0.05) is 41.9 Å². The van der Waals surface area contributed by atoms with Crippen LogP contribution in [0.1, 0.15) is 11.3 Å². The molecule has 4 rings (SSSR count). The van der Waals surface area contributed by atoms with Crippen molar-refractivity contribution < 1.29 is 14.3 Å². The number of aromatic nitrogens is 3. The molecule has 0 aliphatic rings. The molecule has 9 nitrogen and oxygen atoms in total. The lowest BCUT2D eigenvalue weighted by Crippen LogP contribution is -2.40. The van der Waals surface area contributed by atoms with Crippen LogP contribution < -0.4 is 20.3 Å². The predicted molar refractivity (Wildman–Crippen MR) is 158 cm³/mol. The molecule has 3 amide bonds. The van der Waals surface area contributed by atoms with Gasteiger partial charge in [-0.2, -0.15) is 0 Å². The molecule has 2 N–H and O–H groups in total. The molecule has 0 unspecified atom stereocenters. The lowest BCUT2D eigenvalue weighted by atomic mass is 10.2. The number of likely N-dealkylation sites (N-methyl/N-ethyl adjacent to an activating group) is 1. The number of benzene rings is 1. The summed E-state index contributed by atoms with van der Waals surface area (Å²) in [7, 11) is 1.57. The van der Waals surface area contributed by atoms with Gasteiger partial charge in [0.15, 0.2) is 11.4 Å². The number of hydrogen-bond donors (Lipinski definition) is 2. The molecule has 0 bridgehead atoms. The molecule has 4 aromatic rings. The third kappa shape index (κ3) is 7.00. The fourth-order valence-electron chi connectivity index (χ4n) is 3.39. The Labute approximate surface area is 249 Å². The number of nitrogens with one attached hydrogen (secondary N) is 2. The molecule has 14 heteroatoms. The van der Waals surface area contributed by atoms with E-state index in [-0.39, 0.29) is 48.9 Å². The lowest BCUT2D eigenvalue weighted by Gasteiger charge is -2.21. The quantitative estimate of drug-likeness (QED) is 0.241. The number of hydrogen-bond acceptors (Lipinski definition) is 5. The maximum absolute atomic E-state index is 12.7. The summed E-state index contributed by atoms with van der Waals surface area (Å²) in [5.41, 5.74) is 2.98. The number of rotatable bonds is 7. The van der Waals surface area contributed by atoms with Gasteiger partial charge in [-0.25, -0.2) is 9.78 Å². The van der Waals surface area contributed by atoms with Crippen LogP contribution >= 0.6 is 63.9 Å². The van der Waals surface area contributed by atoms with E-state index in [4.69, 9.17) is 27.9 Å². The number of ether oxygens (including phenoxy) is 1. The molecule has 0 aliphatic heterocycles. The Morgan fingerprint density at radius 2 is 1.84 bits per heavy atom. The predicted octanol–water partition coefficient (Wildman–Crippen LogP) is 6.31. The number of nitrogens with zero attached hydrogens (tertiary/aromatic N) is 4. The molecule has 0 saturated heterocycles. The van der Waals surface area contributed by atoms with Crippen molar-refractivity contribution in [3.63, 3.8) is 0 Å². The first-order chi connectivity index (χ1) is 17.3. The van der Waals surface area contributed by atoms with Crippen molar-refractivity contribution in [2.75, 3.05) is 23.8 Å². The Morgan fingerprint density at radius 1 is 1.13 bits per heavy atom. The van der Waals surface area contributed by atoms with Crippen LogP contribution in [0.25, 0.3) is 5.65 Å². The summed E-state index contributed by atoms with van der Waals surface area (Å²) < 4.78 is 8.73. The Bertz CT molecular complexity index is 1440. The van der Waals surface area contributed by atoms with E-state index >= 15 is 0 Å². The highest BCUT2D eigenvalue weighted by atomic mass is 79.9. The summed E-state index contributed by atoms with van der Waals surface area (Å²) in [6.45, 7) is 1.71. The van der Waals surface area contributed by atoms with E-state index in [0.717, 1.165) is 10.3 Å². The summed E-state index contributed by atoms with van der Waals surface area (Å²) in [6.07, 6.45) is 4.97. The number of halogens is 5. The van der Waals surface area contributed by atoms with Crippen LogP contribution in [0, 0.1) is 6.92 Å². The molecule has 0 radical (unpaired) electrons. The largest absolute Gasteiger partial charge is 0.485 e. The van der Waals surface area contributed by atoms with Gasteiger partial charge in [0.2, 0.25) is 5.91 Å². The normalized spacial score (nSPS) is 10.2. The maximum atomic E-state index is 12.7. The molecule has 0 fully saturated rings. The van der Waals surface area contributed by atoms with Gasteiger partial charge in [-0.3, -0.25) is 14.2 Å². The number of imidazole rings is 1. The fourth-order valence-corrected chi connectivity index (χ4v) is 4.37. The molecule has 38 heavy (non-hydrogen) atoms. The minimum Gasteiger partial charge on any atom is -0.485 e. The summed E-state index contributed by atoms with van der Waals surface area (Å²) >= 11 is 16.6. The number of amides is 3. The molecular formula is C24H23BrCl4N6O3. The molecular weight excluding hydrogens is 642 g/mol. The van der Waals surface area contributed by atoms with Gasteiger partial charge < -0.3 is 20.3 Å². The van der Waals surface area contributed by atoms with Crippen molar-refractivity contribution in [3.8, 4) is 5.75 Å². The van der Waals surface area contributed by atoms with E-state index in [0.29, 0.717) is 33.4 Å². The van der Waals surface area contributed by atoms with Crippen molar-refractivity contribution in [1.29, 1.82) is 0 Å². The van der Waals surface area contributed by atoms with Crippen molar-refractivity contribution in [2.24, 2.45) is 0 Å². The Morgan fingerprint density at radius 3 is 2.55 bits per heavy atom. The SMILES string of the molecule is Cc1nc2c(OCc3c(Cl)ccc(N(C)C(=O)CNC(=O)Nc4ccncc4)c3Cl)cccn2c1Br.Cl.Cl. The van der Waals surface area contributed by atoms with Crippen molar-refractivity contribution in [1.82, 2.24) is 19.7 Å². The second-order valence-corrected chi connectivity index (χ2v) is 9.23. The Hall–Kier alpha value is -2.76. The molecule has 3 aromatic heterocycles. The van der Waals surface area contributed by atoms with E-state index in [1.165, 1.54) is 4.90 Å².